The van der Waals surface area contributed by atoms with Crippen molar-refractivity contribution >= 4 is 0 Å². The maximum Gasteiger partial charge on any atom is 0.157 e. The second kappa shape index (κ2) is 9.72. The lowest BCUT2D eigenvalue weighted by Crippen LogP contribution is -2.36. The average Bonchev–Trinajstić information content (AvgIpc) is 2.93. The fourth-order valence-corrected chi connectivity index (χ4v) is 5.71. The zero-order chi connectivity index (χ0) is 30.0. The molecule has 6 rings (SSSR count). The standard InChI is InChI=1S/C30H26O12/c31-13-7-20(37)24-23(8-13)41-29(12-2-4-16(33)19(36)6-12)27(40)26(24)25-21(38)10-17(34)14-9-22(39)28(42-30(14)25)11-1-3-15(32)18(35)5-11/h1-8,10,22,26-29,31-40H,9H2/t22-,26-,27+,28+,29-/m0/s1. The number of hydrogen-bond donors (Lipinski definition) is 10. The molecule has 2 aliphatic rings. The summed E-state index contributed by atoms with van der Waals surface area (Å²) < 4.78 is 12.1. The Hall–Kier alpha value is -5.20. The molecular formula is C30H26O12. The largest absolute Gasteiger partial charge is 0.508 e. The van der Waals surface area contributed by atoms with Crippen LogP contribution in [0.3, 0.4) is 0 Å². The van der Waals surface area contributed by atoms with Gasteiger partial charge in [-0.15, -0.1) is 0 Å². The Balaban J connectivity index is 1.55. The van der Waals surface area contributed by atoms with Crippen LogP contribution in [-0.2, 0) is 6.42 Å². The molecule has 0 saturated heterocycles. The molecule has 0 saturated carbocycles. The van der Waals surface area contributed by atoms with E-state index < -0.39 is 70.6 Å². The molecule has 2 aliphatic heterocycles. The van der Waals surface area contributed by atoms with E-state index in [1.165, 1.54) is 42.5 Å². The highest BCUT2D eigenvalue weighted by Crippen LogP contribution is 2.57. The molecule has 0 unspecified atom stereocenters. The van der Waals surface area contributed by atoms with E-state index in [9.17, 15) is 51.1 Å². The lowest BCUT2D eigenvalue weighted by atomic mass is 9.77. The van der Waals surface area contributed by atoms with E-state index in [4.69, 9.17) is 9.47 Å². The van der Waals surface area contributed by atoms with Gasteiger partial charge in [-0.3, -0.25) is 0 Å². The molecule has 218 valence electrons. The number of fused-ring (bicyclic) bond motifs is 2. The van der Waals surface area contributed by atoms with Crippen LogP contribution in [0.2, 0.25) is 0 Å². The van der Waals surface area contributed by atoms with Crippen molar-refractivity contribution in [2.24, 2.45) is 0 Å². The quantitative estimate of drug-likeness (QED) is 0.159. The third kappa shape index (κ3) is 4.24. The first-order valence-corrected chi connectivity index (χ1v) is 12.8. The molecule has 0 fully saturated rings. The molecule has 2 heterocycles. The average molecular weight is 579 g/mol. The van der Waals surface area contributed by atoms with E-state index in [1.54, 1.807) is 0 Å². The zero-order valence-electron chi connectivity index (χ0n) is 21.6. The predicted octanol–water partition coefficient (Wildman–Crippen LogP) is 3.00. The fraction of sp³-hybridized carbons (Fsp3) is 0.200. The van der Waals surface area contributed by atoms with E-state index in [1.807, 2.05) is 0 Å². The Labute approximate surface area is 237 Å². The van der Waals surface area contributed by atoms with Crippen molar-refractivity contribution in [3.8, 4) is 57.5 Å². The van der Waals surface area contributed by atoms with Crippen molar-refractivity contribution in [2.75, 3.05) is 0 Å². The highest BCUT2D eigenvalue weighted by molar-refractivity contribution is 5.65. The molecule has 5 atom stereocenters. The minimum Gasteiger partial charge on any atom is -0.508 e. The highest BCUT2D eigenvalue weighted by atomic mass is 16.5. The van der Waals surface area contributed by atoms with Crippen LogP contribution in [0.4, 0.5) is 0 Å². The van der Waals surface area contributed by atoms with Crippen molar-refractivity contribution in [2.45, 2.75) is 36.8 Å². The molecule has 42 heavy (non-hydrogen) atoms. The first kappa shape index (κ1) is 27.0. The number of aromatic hydroxyl groups is 8. The predicted molar refractivity (Wildman–Crippen MR) is 143 cm³/mol. The van der Waals surface area contributed by atoms with Gasteiger partial charge in [0.15, 0.2) is 29.1 Å². The third-order valence-corrected chi connectivity index (χ3v) is 7.67. The van der Waals surface area contributed by atoms with Crippen molar-refractivity contribution in [1.82, 2.24) is 0 Å². The molecule has 0 amide bonds. The Bertz CT molecular complexity index is 1720. The van der Waals surface area contributed by atoms with Crippen molar-refractivity contribution in [1.29, 1.82) is 0 Å². The number of aliphatic hydroxyl groups excluding tert-OH is 2. The van der Waals surface area contributed by atoms with Crippen LogP contribution in [0, 0.1) is 0 Å². The van der Waals surface area contributed by atoms with Gasteiger partial charge in [-0.1, -0.05) is 12.1 Å². The highest BCUT2D eigenvalue weighted by Gasteiger charge is 2.46. The second-order valence-electron chi connectivity index (χ2n) is 10.3. The molecule has 12 heteroatoms. The number of hydrogen-bond acceptors (Lipinski definition) is 12. The summed E-state index contributed by atoms with van der Waals surface area (Å²) in [4.78, 5) is 0. The van der Waals surface area contributed by atoms with Crippen molar-refractivity contribution in [3.05, 3.63) is 82.4 Å². The number of ether oxygens (including phenoxy) is 2. The molecule has 0 spiro atoms. The Kier molecular flexibility index (Phi) is 6.24. The molecule has 0 aliphatic carbocycles. The maximum atomic E-state index is 11.8. The van der Waals surface area contributed by atoms with Crippen LogP contribution in [0.15, 0.2) is 54.6 Å². The lowest BCUT2D eigenvalue weighted by molar-refractivity contribution is 0.00115. The Morgan fingerprint density at radius 3 is 1.76 bits per heavy atom. The molecule has 4 aromatic carbocycles. The van der Waals surface area contributed by atoms with E-state index in [0.717, 1.165) is 12.1 Å². The normalized spacial score (nSPS) is 22.9. The lowest BCUT2D eigenvalue weighted by Gasteiger charge is -2.40. The Morgan fingerprint density at radius 1 is 0.548 bits per heavy atom. The zero-order valence-corrected chi connectivity index (χ0v) is 21.6. The number of rotatable bonds is 3. The fourth-order valence-electron chi connectivity index (χ4n) is 5.71. The van der Waals surface area contributed by atoms with Crippen LogP contribution in [-0.4, -0.2) is 63.3 Å². The van der Waals surface area contributed by atoms with Gasteiger partial charge in [0.1, 0.15) is 46.7 Å². The minimum absolute atomic E-state index is 0.0312. The van der Waals surface area contributed by atoms with Gasteiger partial charge in [0.25, 0.3) is 0 Å². The Morgan fingerprint density at radius 2 is 1.14 bits per heavy atom. The molecule has 0 bridgehead atoms. The number of phenols is 8. The number of aliphatic hydroxyl groups is 2. The molecular weight excluding hydrogens is 552 g/mol. The smallest absolute Gasteiger partial charge is 0.157 e. The summed E-state index contributed by atoms with van der Waals surface area (Å²) in [7, 11) is 0. The molecule has 4 aromatic rings. The summed E-state index contributed by atoms with van der Waals surface area (Å²) in [5.41, 5.74) is 0.435. The molecule has 10 N–H and O–H groups in total. The number of benzene rings is 4. The second-order valence-corrected chi connectivity index (χ2v) is 10.3. The van der Waals surface area contributed by atoms with Gasteiger partial charge in [0.2, 0.25) is 0 Å². The maximum absolute atomic E-state index is 11.8. The molecule has 0 aromatic heterocycles. The van der Waals surface area contributed by atoms with Gasteiger partial charge in [-0.05, 0) is 35.4 Å². The summed E-state index contributed by atoms with van der Waals surface area (Å²) in [5.74, 6) is -5.08. The monoisotopic (exact) mass is 578 g/mol. The van der Waals surface area contributed by atoms with Crippen LogP contribution >= 0.6 is 0 Å². The van der Waals surface area contributed by atoms with E-state index in [-0.39, 0.29) is 51.5 Å². The summed E-state index contributed by atoms with van der Waals surface area (Å²) in [6.45, 7) is 0. The van der Waals surface area contributed by atoms with Gasteiger partial charge in [0.05, 0.1) is 12.0 Å². The van der Waals surface area contributed by atoms with Crippen molar-refractivity contribution in [3.63, 3.8) is 0 Å². The summed E-state index contributed by atoms with van der Waals surface area (Å²) in [5, 5.41) is 105. The van der Waals surface area contributed by atoms with Crippen LogP contribution in [0.25, 0.3) is 0 Å². The molecule has 12 nitrogen and oxygen atoms in total. The van der Waals surface area contributed by atoms with Gasteiger partial charge >= 0.3 is 0 Å². The first-order valence-electron chi connectivity index (χ1n) is 12.8. The van der Waals surface area contributed by atoms with E-state index >= 15 is 0 Å². The van der Waals surface area contributed by atoms with Gasteiger partial charge in [-0.2, -0.15) is 0 Å². The van der Waals surface area contributed by atoms with Crippen LogP contribution in [0.5, 0.6) is 57.5 Å². The third-order valence-electron chi connectivity index (χ3n) is 7.67. The van der Waals surface area contributed by atoms with E-state index in [2.05, 4.69) is 0 Å². The van der Waals surface area contributed by atoms with Crippen molar-refractivity contribution < 1.29 is 60.5 Å². The minimum atomic E-state index is -1.59. The first-order chi connectivity index (χ1) is 19.9. The topological polar surface area (TPSA) is 221 Å². The summed E-state index contributed by atoms with van der Waals surface area (Å²) in [6.07, 6.45) is -5.43. The number of phenolic OH excluding ortho intramolecular Hbond substituents is 8. The van der Waals surface area contributed by atoms with Gasteiger partial charge in [-0.25, -0.2) is 0 Å². The van der Waals surface area contributed by atoms with E-state index in [0.29, 0.717) is 0 Å². The summed E-state index contributed by atoms with van der Waals surface area (Å²) in [6, 6.07) is 10.8. The SMILES string of the molecule is Oc1cc(O)c2c(c1)O[C@@H](c1ccc(O)c(O)c1)[C@H](O)[C@@H]2c1c(O)cc(O)c2c1O[C@H](c1ccc(O)c(O)c1)[C@@H](O)C2. The summed E-state index contributed by atoms with van der Waals surface area (Å²) >= 11 is 0. The molecule has 0 radical (unpaired) electrons. The van der Waals surface area contributed by atoms with Gasteiger partial charge < -0.3 is 60.5 Å². The van der Waals surface area contributed by atoms with Crippen LogP contribution < -0.4 is 9.47 Å². The van der Waals surface area contributed by atoms with Gasteiger partial charge in [0, 0.05) is 41.3 Å². The van der Waals surface area contributed by atoms with Crippen LogP contribution in [0.1, 0.15) is 45.9 Å².